The highest BCUT2D eigenvalue weighted by molar-refractivity contribution is 5.93. The van der Waals surface area contributed by atoms with E-state index < -0.39 is 0 Å². The van der Waals surface area contributed by atoms with Gasteiger partial charge in [0.25, 0.3) is 5.91 Å². The molecule has 0 fully saturated rings. The molecule has 2 aromatic rings. The van der Waals surface area contributed by atoms with E-state index in [9.17, 15) is 4.79 Å². The molecular formula is C14H18N4O. The number of likely N-dealkylation sites (N-methyl/N-ethyl adjacent to an activating group) is 1. The van der Waals surface area contributed by atoms with Gasteiger partial charge < -0.3 is 4.90 Å². The average molecular weight is 258 g/mol. The van der Waals surface area contributed by atoms with Crippen molar-refractivity contribution >= 4 is 5.91 Å². The lowest BCUT2D eigenvalue weighted by Crippen LogP contribution is -2.29. The first-order valence-corrected chi connectivity index (χ1v) is 6.22. The molecule has 5 heteroatoms. The number of amides is 1. The van der Waals surface area contributed by atoms with Crippen LogP contribution in [0.4, 0.5) is 0 Å². The van der Waals surface area contributed by atoms with Crippen molar-refractivity contribution in [2.45, 2.75) is 13.3 Å². The van der Waals surface area contributed by atoms with Crippen LogP contribution in [-0.2, 0) is 13.5 Å². The van der Waals surface area contributed by atoms with Crippen molar-refractivity contribution in [1.82, 2.24) is 19.7 Å². The fourth-order valence-electron chi connectivity index (χ4n) is 1.95. The van der Waals surface area contributed by atoms with E-state index in [1.54, 1.807) is 29.0 Å². The van der Waals surface area contributed by atoms with Gasteiger partial charge in [0.1, 0.15) is 0 Å². The highest BCUT2D eigenvalue weighted by atomic mass is 16.2. The predicted octanol–water partition coefficient (Wildman–Crippen LogP) is 1.44. The summed E-state index contributed by atoms with van der Waals surface area (Å²) in [6, 6.07) is 3.93. The molecule has 1 amide bonds. The summed E-state index contributed by atoms with van der Waals surface area (Å²) in [6.07, 6.45) is 6.20. The van der Waals surface area contributed by atoms with E-state index in [0.29, 0.717) is 12.2 Å². The molecule has 0 saturated carbocycles. The zero-order chi connectivity index (χ0) is 13.8. The molecule has 100 valence electrons. The Labute approximate surface area is 112 Å². The van der Waals surface area contributed by atoms with Crippen molar-refractivity contribution in [3.8, 4) is 0 Å². The fraction of sp³-hybridized carbons (Fsp3) is 0.357. The van der Waals surface area contributed by atoms with Gasteiger partial charge in [-0.05, 0) is 31.0 Å². The summed E-state index contributed by atoms with van der Waals surface area (Å²) in [7, 11) is 3.62. The Bertz CT molecular complexity index is 562. The molecule has 0 spiro atoms. The predicted molar refractivity (Wildman–Crippen MR) is 72.8 cm³/mol. The number of carbonyl (C=O) groups is 1. The van der Waals surface area contributed by atoms with E-state index in [2.05, 4.69) is 10.1 Å². The molecule has 5 nitrogen and oxygen atoms in total. The van der Waals surface area contributed by atoms with Crippen molar-refractivity contribution < 1.29 is 4.79 Å². The standard InChI is InChI=1S/C14H18N4O/c1-11-10-18(3)16-13(11)14(19)17(2)9-6-12-4-7-15-8-5-12/h4-5,7-8,10H,6,9H2,1-3H3. The Morgan fingerprint density at radius 2 is 2.05 bits per heavy atom. The average Bonchev–Trinajstić information content (AvgIpc) is 2.75. The largest absolute Gasteiger partial charge is 0.340 e. The van der Waals surface area contributed by atoms with Crippen molar-refractivity contribution in [3.63, 3.8) is 0 Å². The maximum absolute atomic E-state index is 12.2. The maximum atomic E-state index is 12.2. The SMILES string of the molecule is Cc1cn(C)nc1C(=O)N(C)CCc1ccncc1. The molecule has 0 saturated heterocycles. The summed E-state index contributed by atoms with van der Waals surface area (Å²) in [5.74, 6) is -0.0350. The highest BCUT2D eigenvalue weighted by Gasteiger charge is 2.17. The molecule has 0 aliphatic heterocycles. The number of nitrogens with zero attached hydrogens (tertiary/aromatic N) is 4. The first kappa shape index (κ1) is 13.3. The molecule has 0 atom stereocenters. The number of aryl methyl sites for hydroxylation is 2. The number of hydrogen-bond acceptors (Lipinski definition) is 3. The monoisotopic (exact) mass is 258 g/mol. The summed E-state index contributed by atoms with van der Waals surface area (Å²) in [5.41, 5.74) is 2.61. The second kappa shape index (κ2) is 5.65. The molecular weight excluding hydrogens is 240 g/mol. The molecule has 0 bridgehead atoms. The van der Waals surface area contributed by atoms with Crippen LogP contribution in [0, 0.1) is 6.92 Å². The van der Waals surface area contributed by atoms with Gasteiger partial charge in [-0.3, -0.25) is 14.5 Å². The van der Waals surface area contributed by atoms with E-state index in [4.69, 9.17) is 0 Å². The van der Waals surface area contributed by atoms with Crippen LogP contribution in [0.2, 0.25) is 0 Å². The number of aromatic nitrogens is 3. The first-order valence-electron chi connectivity index (χ1n) is 6.22. The number of hydrogen-bond donors (Lipinski definition) is 0. The Kier molecular flexibility index (Phi) is 3.94. The smallest absolute Gasteiger partial charge is 0.274 e. The molecule has 2 heterocycles. The molecule has 0 aliphatic rings. The molecule has 0 N–H and O–H groups in total. The van der Waals surface area contributed by atoms with Gasteiger partial charge in [0.15, 0.2) is 5.69 Å². The molecule has 19 heavy (non-hydrogen) atoms. The molecule has 0 unspecified atom stereocenters. The maximum Gasteiger partial charge on any atom is 0.274 e. The minimum atomic E-state index is -0.0350. The van der Waals surface area contributed by atoms with E-state index in [-0.39, 0.29) is 5.91 Å². The Morgan fingerprint density at radius 1 is 1.37 bits per heavy atom. The molecule has 0 aliphatic carbocycles. The first-order chi connectivity index (χ1) is 9.08. The van der Waals surface area contributed by atoms with Crippen LogP contribution in [0.3, 0.4) is 0 Å². The van der Waals surface area contributed by atoms with Crippen LogP contribution in [-0.4, -0.2) is 39.2 Å². The number of carbonyl (C=O) groups excluding carboxylic acids is 1. The van der Waals surface area contributed by atoms with Crippen molar-refractivity contribution in [2.75, 3.05) is 13.6 Å². The lowest BCUT2D eigenvalue weighted by molar-refractivity contribution is 0.0789. The Balaban J connectivity index is 1.98. The van der Waals surface area contributed by atoms with Crippen LogP contribution in [0.5, 0.6) is 0 Å². The minimum Gasteiger partial charge on any atom is -0.340 e. The molecule has 0 radical (unpaired) electrons. The van der Waals surface area contributed by atoms with E-state index >= 15 is 0 Å². The zero-order valence-corrected chi connectivity index (χ0v) is 11.5. The summed E-state index contributed by atoms with van der Waals surface area (Å²) in [4.78, 5) is 17.9. The van der Waals surface area contributed by atoms with Gasteiger partial charge in [0, 0.05) is 44.8 Å². The highest BCUT2D eigenvalue weighted by Crippen LogP contribution is 2.08. The van der Waals surface area contributed by atoms with Crippen molar-refractivity contribution in [1.29, 1.82) is 0 Å². The minimum absolute atomic E-state index is 0.0350. The van der Waals surface area contributed by atoms with Gasteiger partial charge in [-0.15, -0.1) is 0 Å². The van der Waals surface area contributed by atoms with E-state index in [1.165, 1.54) is 5.56 Å². The molecule has 2 rings (SSSR count). The number of pyridine rings is 1. The van der Waals surface area contributed by atoms with Crippen molar-refractivity contribution in [2.24, 2.45) is 7.05 Å². The van der Waals surface area contributed by atoms with Crippen molar-refractivity contribution in [3.05, 3.63) is 47.5 Å². The van der Waals surface area contributed by atoms with Gasteiger partial charge in [-0.25, -0.2) is 0 Å². The lowest BCUT2D eigenvalue weighted by Gasteiger charge is -2.16. The van der Waals surface area contributed by atoms with Crippen LogP contribution in [0.1, 0.15) is 21.6 Å². The van der Waals surface area contributed by atoms with Crippen LogP contribution in [0.25, 0.3) is 0 Å². The molecule has 2 aromatic heterocycles. The second-order valence-corrected chi connectivity index (χ2v) is 4.67. The second-order valence-electron chi connectivity index (χ2n) is 4.67. The van der Waals surface area contributed by atoms with Gasteiger partial charge in [-0.1, -0.05) is 0 Å². The zero-order valence-electron chi connectivity index (χ0n) is 11.5. The summed E-state index contributed by atoms with van der Waals surface area (Å²) in [5, 5.41) is 4.20. The van der Waals surface area contributed by atoms with Crippen LogP contribution >= 0.6 is 0 Å². The van der Waals surface area contributed by atoms with Gasteiger partial charge in [-0.2, -0.15) is 5.10 Å². The summed E-state index contributed by atoms with van der Waals surface area (Å²) in [6.45, 7) is 2.57. The lowest BCUT2D eigenvalue weighted by atomic mass is 10.2. The summed E-state index contributed by atoms with van der Waals surface area (Å²) >= 11 is 0. The van der Waals surface area contributed by atoms with Gasteiger partial charge in [0.2, 0.25) is 0 Å². The topological polar surface area (TPSA) is 51.0 Å². The van der Waals surface area contributed by atoms with E-state index in [0.717, 1.165) is 12.0 Å². The third kappa shape index (κ3) is 3.19. The normalized spacial score (nSPS) is 10.5. The van der Waals surface area contributed by atoms with Crippen LogP contribution in [0.15, 0.2) is 30.7 Å². The van der Waals surface area contributed by atoms with Gasteiger partial charge >= 0.3 is 0 Å². The quantitative estimate of drug-likeness (QED) is 0.833. The van der Waals surface area contributed by atoms with E-state index in [1.807, 2.05) is 32.3 Å². The Hall–Kier alpha value is -2.17. The summed E-state index contributed by atoms with van der Waals surface area (Å²) < 4.78 is 1.67. The third-order valence-electron chi connectivity index (χ3n) is 3.05. The fourth-order valence-corrected chi connectivity index (χ4v) is 1.95. The Morgan fingerprint density at radius 3 is 2.63 bits per heavy atom. The van der Waals surface area contributed by atoms with Gasteiger partial charge in [0.05, 0.1) is 0 Å². The molecule has 0 aromatic carbocycles. The number of rotatable bonds is 4. The van der Waals surface area contributed by atoms with Crippen LogP contribution < -0.4 is 0 Å². The third-order valence-corrected chi connectivity index (χ3v) is 3.05.